The van der Waals surface area contributed by atoms with Crippen molar-refractivity contribution in [3.63, 3.8) is 0 Å². The summed E-state index contributed by atoms with van der Waals surface area (Å²) in [6.45, 7) is 3.30. The summed E-state index contributed by atoms with van der Waals surface area (Å²) in [6, 6.07) is 9.57. The van der Waals surface area contributed by atoms with Crippen LogP contribution in [0.15, 0.2) is 49.1 Å². The smallest absolute Gasteiger partial charge is 0.250 e. The van der Waals surface area contributed by atoms with Crippen molar-refractivity contribution in [1.29, 1.82) is 0 Å². The highest BCUT2D eigenvalue weighted by molar-refractivity contribution is 5.97. The number of nitrogens with two attached hydrogens (primary N) is 1. The standard InChI is InChI=1S/C22H25N5O2/c1-15(27-10-8-24-14-27)11-20(28)26-9-4-6-17(13-26)21-18(22(23)29)12-16-5-2-3-7-19(16)25-21/h2-3,5,7-8,10,12,14-15,17H,4,6,9,11,13H2,1H3,(H2,23,29). The number of piperidine rings is 1. The maximum Gasteiger partial charge on any atom is 0.250 e. The van der Waals surface area contributed by atoms with Gasteiger partial charge in [0.25, 0.3) is 5.91 Å². The molecule has 2 aromatic heterocycles. The van der Waals surface area contributed by atoms with Crippen LogP contribution in [-0.2, 0) is 4.79 Å². The summed E-state index contributed by atoms with van der Waals surface area (Å²) in [7, 11) is 0. The molecule has 7 heteroatoms. The van der Waals surface area contributed by atoms with Crippen LogP contribution in [0.2, 0.25) is 0 Å². The van der Waals surface area contributed by atoms with Crippen molar-refractivity contribution in [3.05, 3.63) is 60.3 Å². The van der Waals surface area contributed by atoms with Gasteiger partial charge >= 0.3 is 0 Å². The first-order valence-electron chi connectivity index (χ1n) is 9.97. The molecule has 1 aliphatic heterocycles. The number of benzene rings is 1. The number of nitrogens with zero attached hydrogens (tertiary/aromatic N) is 4. The Morgan fingerprint density at radius 3 is 2.90 bits per heavy atom. The average molecular weight is 391 g/mol. The molecule has 0 bridgehead atoms. The lowest BCUT2D eigenvalue weighted by Gasteiger charge is -2.34. The zero-order chi connectivity index (χ0) is 20.4. The highest BCUT2D eigenvalue weighted by Crippen LogP contribution is 2.30. The second-order valence-electron chi connectivity index (χ2n) is 7.72. The Labute approximate surface area is 169 Å². The van der Waals surface area contributed by atoms with Gasteiger partial charge in [-0.25, -0.2) is 4.98 Å². The van der Waals surface area contributed by atoms with E-state index in [1.165, 1.54) is 0 Å². The van der Waals surface area contributed by atoms with Crippen LogP contribution >= 0.6 is 0 Å². The largest absolute Gasteiger partial charge is 0.366 e. The number of hydrogen-bond donors (Lipinski definition) is 1. The minimum Gasteiger partial charge on any atom is -0.366 e. The van der Waals surface area contributed by atoms with Crippen LogP contribution in [0.4, 0.5) is 0 Å². The minimum absolute atomic E-state index is 0.00311. The number of carbonyl (C=O) groups is 2. The molecule has 150 valence electrons. The molecular formula is C22H25N5O2. The quantitative estimate of drug-likeness (QED) is 0.723. The Balaban J connectivity index is 1.56. The van der Waals surface area contributed by atoms with Gasteiger partial charge in [0.15, 0.2) is 0 Å². The maximum absolute atomic E-state index is 12.9. The molecule has 2 N–H and O–H groups in total. The number of fused-ring (bicyclic) bond motifs is 1. The van der Waals surface area contributed by atoms with Crippen LogP contribution in [0.1, 0.15) is 54.2 Å². The number of primary amides is 1. The fourth-order valence-corrected chi connectivity index (χ4v) is 4.08. The van der Waals surface area contributed by atoms with Crippen LogP contribution in [-0.4, -0.2) is 44.3 Å². The van der Waals surface area contributed by atoms with Crippen LogP contribution in [0.5, 0.6) is 0 Å². The number of imidazole rings is 1. The summed E-state index contributed by atoms with van der Waals surface area (Å²) in [5.74, 6) is -0.365. The maximum atomic E-state index is 12.9. The topological polar surface area (TPSA) is 94.1 Å². The second kappa shape index (κ2) is 8.03. The van der Waals surface area contributed by atoms with Gasteiger partial charge in [-0.05, 0) is 31.9 Å². The van der Waals surface area contributed by atoms with Crippen molar-refractivity contribution in [1.82, 2.24) is 19.4 Å². The van der Waals surface area contributed by atoms with Crippen molar-refractivity contribution < 1.29 is 9.59 Å². The average Bonchev–Trinajstić information content (AvgIpc) is 3.28. The fourth-order valence-electron chi connectivity index (χ4n) is 4.08. The van der Waals surface area contributed by atoms with Crippen molar-refractivity contribution in [2.24, 2.45) is 5.73 Å². The molecule has 3 heterocycles. The molecule has 1 aromatic carbocycles. The number of pyridine rings is 1. The zero-order valence-electron chi connectivity index (χ0n) is 16.5. The van der Waals surface area contributed by atoms with E-state index in [1.807, 2.05) is 52.9 Å². The first-order valence-corrected chi connectivity index (χ1v) is 9.97. The molecule has 1 saturated heterocycles. The lowest BCUT2D eigenvalue weighted by atomic mass is 9.90. The number of rotatable bonds is 5. The Kier molecular flexibility index (Phi) is 5.29. The molecule has 2 unspecified atom stereocenters. The number of amides is 2. The minimum atomic E-state index is -0.476. The summed E-state index contributed by atoms with van der Waals surface area (Å²) in [4.78, 5) is 35.7. The van der Waals surface area contributed by atoms with Gasteiger partial charge in [0.2, 0.25) is 5.91 Å². The van der Waals surface area contributed by atoms with Gasteiger partial charge in [0, 0.05) is 49.2 Å². The number of aromatic nitrogens is 3. The Hall–Kier alpha value is -3.22. The van der Waals surface area contributed by atoms with Crippen molar-refractivity contribution in [2.75, 3.05) is 13.1 Å². The third-order valence-electron chi connectivity index (χ3n) is 5.68. The Morgan fingerprint density at radius 2 is 2.14 bits per heavy atom. The Bertz CT molecular complexity index is 1030. The van der Waals surface area contributed by atoms with Gasteiger partial charge in [-0.1, -0.05) is 18.2 Å². The van der Waals surface area contributed by atoms with Crippen molar-refractivity contribution >= 4 is 22.7 Å². The van der Waals surface area contributed by atoms with Gasteiger partial charge in [-0.15, -0.1) is 0 Å². The van der Waals surface area contributed by atoms with E-state index in [0.29, 0.717) is 24.2 Å². The molecule has 7 nitrogen and oxygen atoms in total. The monoisotopic (exact) mass is 391 g/mol. The van der Waals surface area contributed by atoms with E-state index >= 15 is 0 Å². The van der Waals surface area contributed by atoms with Crippen LogP contribution < -0.4 is 5.73 Å². The number of hydrogen-bond acceptors (Lipinski definition) is 4. The molecule has 2 amide bonds. The first kappa shape index (κ1) is 19.1. The van der Waals surface area contributed by atoms with Crippen molar-refractivity contribution in [3.8, 4) is 0 Å². The van der Waals surface area contributed by atoms with E-state index in [9.17, 15) is 9.59 Å². The molecule has 0 saturated carbocycles. The molecule has 1 aliphatic rings. The zero-order valence-corrected chi connectivity index (χ0v) is 16.5. The normalized spacial score (nSPS) is 18.0. The molecule has 2 atom stereocenters. The lowest BCUT2D eigenvalue weighted by Crippen LogP contribution is -2.40. The van der Waals surface area contributed by atoms with Gasteiger partial charge in [-0.2, -0.15) is 0 Å². The fraction of sp³-hybridized carbons (Fsp3) is 0.364. The van der Waals surface area contributed by atoms with Crippen LogP contribution in [0, 0.1) is 0 Å². The van der Waals surface area contributed by atoms with E-state index in [1.54, 1.807) is 12.5 Å². The molecule has 0 aliphatic carbocycles. The van der Waals surface area contributed by atoms with Gasteiger partial charge < -0.3 is 15.2 Å². The summed E-state index contributed by atoms with van der Waals surface area (Å²) < 4.78 is 1.94. The molecular weight excluding hydrogens is 366 g/mol. The molecule has 0 spiro atoms. The molecule has 0 radical (unpaired) electrons. The number of likely N-dealkylation sites (tertiary alicyclic amines) is 1. The summed E-state index contributed by atoms with van der Waals surface area (Å²) in [6.07, 6.45) is 7.49. The van der Waals surface area contributed by atoms with E-state index < -0.39 is 5.91 Å². The Morgan fingerprint density at radius 1 is 1.31 bits per heavy atom. The molecule has 4 rings (SSSR count). The third kappa shape index (κ3) is 3.99. The third-order valence-corrected chi connectivity index (χ3v) is 5.68. The predicted molar refractivity (Wildman–Crippen MR) is 110 cm³/mol. The molecule has 1 fully saturated rings. The van der Waals surface area contributed by atoms with Gasteiger partial charge in [-0.3, -0.25) is 14.6 Å². The number of carbonyl (C=O) groups excluding carboxylic acids is 2. The van der Waals surface area contributed by atoms with E-state index in [4.69, 9.17) is 10.7 Å². The van der Waals surface area contributed by atoms with Crippen LogP contribution in [0.25, 0.3) is 10.9 Å². The highest BCUT2D eigenvalue weighted by Gasteiger charge is 2.29. The first-order chi connectivity index (χ1) is 14.0. The van der Waals surface area contributed by atoms with Gasteiger partial charge in [0.05, 0.1) is 23.1 Å². The second-order valence-corrected chi connectivity index (χ2v) is 7.72. The van der Waals surface area contributed by atoms with E-state index in [0.717, 1.165) is 30.3 Å². The van der Waals surface area contributed by atoms with Crippen LogP contribution in [0.3, 0.4) is 0 Å². The van der Waals surface area contributed by atoms with Crippen molar-refractivity contribution in [2.45, 2.75) is 38.1 Å². The van der Waals surface area contributed by atoms with E-state index in [2.05, 4.69) is 4.98 Å². The SMILES string of the molecule is CC(CC(=O)N1CCCC(c2nc3ccccc3cc2C(N)=O)C1)n1ccnc1. The summed E-state index contributed by atoms with van der Waals surface area (Å²) >= 11 is 0. The molecule has 29 heavy (non-hydrogen) atoms. The van der Waals surface area contributed by atoms with E-state index in [-0.39, 0.29) is 17.9 Å². The predicted octanol–water partition coefficient (Wildman–Crippen LogP) is 2.89. The summed E-state index contributed by atoms with van der Waals surface area (Å²) in [5.41, 5.74) is 7.65. The lowest BCUT2D eigenvalue weighted by molar-refractivity contribution is -0.133. The molecule has 3 aromatic rings. The van der Waals surface area contributed by atoms with Gasteiger partial charge in [0.1, 0.15) is 0 Å². The highest BCUT2D eigenvalue weighted by atomic mass is 16.2. The summed E-state index contributed by atoms with van der Waals surface area (Å²) in [5, 5.41) is 0.892. The number of para-hydroxylation sites is 1.